The number of oxime groups is 1. The van der Waals surface area contributed by atoms with E-state index < -0.39 is 5.92 Å². The molecule has 0 aliphatic heterocycles. The van der Waals surface area contributed by atoms with E-state index in [1.54, 1.807) is 6.26 Å². The van der Waals surface area contributed by atoms with Crippen molar-refractivity contribution in [1.82, 2.24) is 5.32 Å². The highest BCUT2D eigenvalue weighted by Crippen LogP contribution is 2.30. The highest BCUT2D eigenvalue weighted by Gasteiger charge is 2.35. The highest BCUT2D eigenvalue weighted by molar-refractivity contribution is 8.13. The molecule has 88 valence electrons. The Morgan fingerprint density at radius 3 is 2.33 bits per heavy atom. The summed E-state index contributed by atoms with van der Waals surface area (Å²) in [6.45, 7) is 8.31. The zero-order chi connectivity index (χ0) is 12.1. The normalized spacial score (nSPS) is 14.9. The SMILES string of the molecule is CCNC(=O)C(C(=NO)SC)C(C)(C)C. The first-order valence-corrected chi connectivity index (χ1v) is 6.14. The summed E-state index contributed by atoms with van der Waals surface area (Å²) in [6, 6.07) is 0. The molecule has 5 heteroatoms. The summed E-state index contributed by atoms with van der Waals surface area (Å²) in [5.74, 6) is -0.496. The number of nitrogens with zero attached hydrogens (tertiary/aromatic N) is 1. The van der Waals surface area contributed by atoms with Crippen LogP contribution in [0.2, 0.25) is 0 Å². The summed E-state index contributed by atoms with van der Waals surface area (Å²) in [6.07, 6.45) is 1.80. The number of hydrogen-bond donors (Lipinski definition) is 2. The third kappa shape index (κ3) is 4.11. The van der Waals surface area contributed by atoms with Gasteiger partial charge in [0.1, 0.15) is 5.04 Å². The zero-order valence-corrected chi connectivity index (χ0v) is 10.8. The van der Waals surface area contributed by atoms with Gasteiger partial charge < -0.3 is 10.5 Å². The van der Waals surface area contributed by atoms with Crippen LogP contribution in [0.4, 0.5) is 0 Å². The number of amides is 1. The Kier molecular flexibility index (Phi) is 5.72. The maximum absolute atomic E-state index is 11.8. The van der Waals surface area contributed by atoms with Gasteiger partial charge in [0, 0.05) is 6.54 Å². The second kappa shape index (κ2) is 6.00. The lowest BCUT2D eigenvalue weighted by atomic mass is 9.80. The third-order valence-corrected chi connectivity index (χ3v) is 2.77. The van der Waals surface area contributed by atoms with E-state index in [-0.39, 0.29) is 11.3 Å². The number of nitrogens with one attached hydrogen (secondary N) is 1. The van der Waals surface area contributed by atoms with Crippen molar-refractivity contribution in [1.29, 1.82) is 0 Å². The molecule has 15 heavy (non-hydrogen) atoms. The van der Waals surface area contributed by atoms with E-state index in [1.165, 1.54) is 11.8 Å². The fourth-order valence-electron chi connectivity index (χ4n) is 1.37. The molecule has 0 aromatic rings. The van der Waals surface area contributed by atoms with E-state index in [9.17, 15) is 4.79 Å². The van der Waals surface area contributed by atoms with Gasteiger partial charge in [-0.2, -0.15) is 0 Å². The number of carbonyl (C=O) groups excluding carboxylic acids is 1. The predicted molar refractivity (Wildman–Crippen MR) is 64.4 cm³/mol. The average molecular weight is 232 g/mol. The number of hydrogen-bond acceptors (Lipinski definition) is 4. The first-order valence-electron chi connectivity index (χ1n) is 4.92. The summed E-state index contributed by atoms with van der Waals surface area (Å²) in [5, 5.41) is 15.3. The lowest BCUT2D eigenvalue weighted by Crippen LogP contribution is -2.41. The van der Waals surface area contributed by atoms with Gasteiger partial charge in [0.25, 0.3) is 0 Å². The van der Waals surface area contributed by atoms with E-state index in [4.69, 9.17) is 5.21 Å². The lowest BCUT2D eigenvalue weighted by Gasteiger charge is -2.29. The molecule has 0 rings (SSSR count). The Bertz CT molecular complexity index is 246. The van der Waals surface area contributed by atoms with Gasteiger partial charge in [-0.1, -0.05) is 25.9 Å². The second-order valence-corrected chi connectivity index (χ2v) is 5.16. The molecule has 1 amide bonds. The summed E-state index contributed by atoms with van der Waals surface area (Å²) >= 11 is 1.30. The van der Waals surface area contributed by atoms with Gasteiger partial charge >= 0.3 is 0 Å². The van der Waals surface area contributed by atoms with Gasteiger partial charge in [-0.3, -0.25) is 4.79 Å². The highest BCUT2D eigenvalue weighted by atomic mass is 32.2. The molecule has 0 radical (unpaired) electrons. The Morgan fingerprint density at radius 1 is 1.53 bits per heavy atom. The van der Waals surface area contributed by atoms with Gasteiger partial charge in [0.05, 0.1) is 5.92 Å². The van der Waals surface area contributed by atoms with Crippen LogP contribution in [-0.2, 0) is 4.79 Å². The molecule has 2 N–H and O–H groups in total. The maximum Gasteiger partial charge on any atom is 0.230 e. The molecule has 0 bridgehead atoms. The van der Waals surface area contributed by atoms with Crippen molar-refractivity contribution in [3.8, 4) is 0 Å². The van der Waals surface area contributed by atoms with Crippen molar-refractivity contribution in [3.63, 3.8) is 0 Å². The van der Waals surface area contributed by atoms with Gasteiger partial charge in [0.2, 0.25) is 5.91 Å². The van der Waals surface area contributed by atoms with Crippen LogP contribution in [0.5, 0.6) is 0 Å². The molecule has 4 nitrogen and oxygen atoms in total. The average Bonchev–Trinajstić information content (AvgIpc) is 2.11. The quantitative estimate of drug-likeness (QED) is 0.338. The molecule has 0 spiro atoms. The Hall–Kier alpha value is -0.710. The van der Waals surface area contributed by atoms with Crippen LogP contribution in [0.3, 0.4) is 0 Å². The van der Waals surface area contributed by atoms with Crippen molar-refractivity contribution in [3.05, 3.63) is 0 Å². The van der Waals surface area contributed by atoms with Crippen molar-refractivity contribution in [2.75, 3.05) is 12.8 Å². The fourth-order valence-corrected chi connectivity index (χ4v) is 2.15. The van der Waals surface area contributed by atoms with Gasteiger partial charge in [-0.25, -0.2) is 0 Å². The monoisotopic (exact) mass is 232 g/mol. The number of carbonyl (C=O) groups is 1. The summed E-state index contributed by atoms with van der Waals surface area (Å²) < 4.78 is 0. The van der Waals surface area contributed by atoms with Crippen LogP contribution < -0.4 is 5.32 Å². The van der Waals surface area contributed by atoms with Crippen molar-refractivity contribution >= 4 is 22.7 Å². The minimum absolute atomic E-state index is 0.0906. The smallest absolute Gasteiger partial charge is 0.230 e. The van der Waals surface area contributed by atoms with Crippen LogP contribution in [-0.4, -0.2) is 29.0 Å². The maximum atomic E-state index is 11.8. The van der Waals surface area contributed by atoms with E-state index in [2.05, 4.69) is 10.5 Å². The van der Waals surface area contributed by atoms with Crippen LogP contribution >= 0.6 is 11.8 Å². The number of thioether (sulfide) groups is 1. The Balaban J connectivity index is 4.98. The minimum atomic E-state index is -0.405. The number of rotatable bonds is 3. The molecular formula is C10H20N2O2S. The molecule has 0 aliphatic carbocycles. The largest absolute Gasteiger partial charge is 0.410 e. The Labute approximate surface area is 95.5 Å². The molecule has 0 saturated heterocycles. The van der Waals surface area contributed by atoms with Crippen LogP contribution in [0, 0.1) is 11.3 Å². The molecule has 1 atom stereocenters. The van der Waals surface area contributed by atoms with Gasteiger partial charge in [-0.15, -0.1) is 11.8 Å². The van der Waals surface area contributed by atoms with Crippen molar-refractivity contribution in [2.24, 2.45) is 16.5 Å². The fraction of sp³-hybridized carbons (Fsp3) is 0.800. The third-order valence-electron chi connectivity index (χ3n) is 2.03. The molecule has 0 aromatic heterocycles. The molecule has 0 aromatic carbocycles. The van der Waals surface area contributed by atoms with E-state index in [1.807, 2.05) is 27.7 Å². The molecule has 0 aliphatic rings. The van der Waals surface area contributed by atoms with Crippen LogP contribution in [0.25, 0.3) is 0 Å². The van der Waals surface area contributed by atoms with Crippen LogP contribution in [0.15, 0.2) is 5.16 Å². The molecule has 0 saturated carbocycles. The van der Waals surface area contributed by atoms with Gasteiger partial charge in [-0.05, 0) is 18.6 Å². The molecular weight excluding hydrogens is 212 g/mol. The summed E-state index contributed by atoms with van der Waals surface area (Å²) in [7, 11) is 0. The first-order chi connectivity index (χ1) is 6.88. The van der Waals surface area contributed by atoms with Crippen molar-refractivity contribution in [2.45, 2.75) is 27.7 Å². The summed E-state index contributed by atoms with van der Waals surface area (Å²) in [5.41, 5.74) is -0.260. The van der Waals surface area contributed by atoms with Crippen molar-refractivity contribution < 1.29 is 10.0 Å². The van der Waals surface area contributed by atoms with E-state index in [0.717, 1.165) is 0 Å². The first kappa shape index (κ1) is 14.3. The molecule has 1 unspecified atom stereocenters. The molecule has 0 fully saturated rings. The topological polar surface area (TPSA) is 61.7 Å². The van der Waals surface area contributed by atoms with Gasteiger partial charge in [0.15, 0.2) is 0 Å². The predicted octanol–water partition coefficient (Wildman–Crippen LogP) is 1.94. The molecule has 0 heterocycles. The summed E-state index contributed by atoms with van der Waals surface area (Å²) in [4.78, 5) is 11.8. The van der Waals surface area contributed by atoms with E-state index in [0.29, 0.717) is 11.6 Å². The van der Waals surface area contributed by atoms with Crippen LogP contribution in [0.1, 0.15) is 27.7 Å². The standard InChI is InChI=1S/C10H20N2O2S/c1-6-11-8(13)7(10(2,3)4)9(12-14)15-5/h7,14H,6H2,1-5H3,(H,11,13). The van der Waals surface area contributed by atoms with E-state index >= 15 is 0 Å². The lowest BCUT2D eigenvalue weighted by molar-refractivity contribution is -0.125. The second-order valence-electron chi connectivity index (χ2n) is 4.34. The Morgan fingerprint density at radius 2 is 2.07 bits per heavy atom. The minimum Gasteiger partial charge on any atom is -0.410 e. The zero-order valence-electron chi connectivity index (χ0n) is 10.00.